The van der Waals surface area contributed by atoms with Crippen LogP contribution in [0.5, 0.6) is 0 Å². The number of carboxylic acids is 1. The second-order valence-corrected chi connectivity index (χ2v) is 7.92. The molecule has 32 heavy (non-hydrogen) atoms. The lowest BCUT2D eigenvalue weighted by Gasteiger charge is -2.04. The van der Waals surface area contributed by atoms with Gasteiger partial charge in [-0.05, 0) is 6.42 Å². The number of rotatable bonds is 20. The van der Waals surface area contributed by atoms with E-state index in [9.17, 15) is 14.4 Å². The fourth-order valence-electron chi connectivity index (χ4n) is 3.13. The molecule has 0 heterocycles. The van der Waals surface area contributed by atoms with Crippen molar-refractivity contribution in [3.63, 3.8) is 0 Å². The summed E-state index contributed by atoms with van der Waals surface area (Å²) in [5, 5.41) is 8.39. The van der Waals surface area contributed by atoms with Gasteiger partial charge in [-0.3, -0.25) is 4.79 Å². The molecule has 0 fully saturated rings. The molecule has 0 aliphatic heterocycles. The van der Waals surface area contributed by atoms with Crippen molar-refractivity contribution in [3.05, 3.63) is 25.0 Å². The van der Waals surface area contributed by atoms with Crippen molar-refractivity contribution in [1.29, 1.82) is 0 Å². The second-order valence-electron chi connectivity index (χ2n) is 7.92. The topological polar surface area (TPSA) is 89.9 Å². The molecule has 1 N–H and O–H groups in total. The van der Waals surface area contributed by atoms with E-state index in [1.165, 1.54) is 96.8 Å². The monoisotopic (exact) mass is 454 g/mol. The van der Waals surface area contributed by atoms with Gasteiger partial charge < -0.3 is 14.6 Å². The lowest BCUT2D eigenvalue weighted by atomic mass is 10.0. The Morgan fingerprint density at radius 3 is 1.44 bits per heavy atom. The molecule has 6 nitrogen and oxygen atoms in total. The third-order valence-electron chi connectivity index (χ3n) is 4.85. The Balaban J connectivity index is 0. The van der Waals surface area contributed by atoms with Crippen molar-refractivity contribution in [2.75, 3.05) is 6.61 Å². The maximum absolute atomic E-state index is 11.1. The molecule has 0 aromatic carbocycles. The normalized spacial score (nSPS) is 10.3. The Kier molecular flexibility index (Phi) is 27.0. The molecular formula is C26H46O6. The fraction of sp³-hybridized carbons (Fsp3) is 0.731. The van der Waals surface area contributed by atoms with Crippen LogP contribution in [-0.2, 0) is 23.9 Å². The summed E-state index contributed by atoms with van der Waals surface area (Å²) >= 11 is 0. The van der Waals surface area contributed by atoms with E-state index in [1.54, 1.807) is 0 Å². The number of unbranched alkanes of at least 4 members (excludes halogenated alkanes) is 15. The van der Waals surface area contributed by atoms with Crippen molar-refractivity contribution < 1.29 is 29.0 Å². The van der Waals surface area contributed by atoms with Gasteiger partial charge in [0.15, 0.2) is 0 Å². The fourth-order valence-corrected chi connectivity index (χ4v) is 3.13. The maximum atomic E-state index is 11.1. The first kappa shape index (κ1) is 32.1. The number of carbonyl (C=O) groups is 3. The molecule has 0 rings (SSSR count). The number of esters is 2. The molecule has 0 saturated carbocycles. The standard InChI is InChI=1S/C22H40O4.C4H6O2/c1-2-3-4-5-6-7-8-9-10-11-12-13-14-15-16-17-20-26-22(25)19-18-21(23)24;1-3-6-4(2)5/h18-19H,2-17,20H2,1H3,(H,23,24);3H,1H2,2H3. The molecule has 0 amide bonds. The minimum atomic E-state index is -1.13. The molecule has 0 radical (unpaired) electrons. The number of aliphatic carboxylic acids is 1. The number of ether oxygens (including phenoxy) is 2. The summed E-state index contributed by atoms with van der Waals surface area (Å²) in [5.41, 5.74) is 0. The van der Waals surface area contributed by atoms with Crippen molar-refractivity contribution in [1.82, 2.24) is 0 Å². The molecule has 0 aromatic rings. The lowest BCUT2D eigenvalue weighted by molar-refractivity contribution is -0.139. The van der Waals surface area contributed by atoms with Gasteiger partial charge in [0.25, 0.3) is 0 Å². The van der Waals surface area contributed by atoms with Gasteiger partial charge in [0.1, 0.15) is 0 Å². The third kappa shape index (κ3) is 32.6. The highest BCUT2D eigenvalue weighted by Gasteiger charge is 1.98. The first-order valence-electron chi connectivity index (χ1n) is 12.3. The average Bonchev–Trinajstić information content (AvgIpc) is 2.74. The quantitative estimate of drug-likeness (QED) is 0.0911. The van der Waals surface area contributed by atoms with E-state index in [-0.39, 0.29) is 5.97 Å². The van der Waals surface area contributed by atoms with E-state index in [4.69, 9.17) is 9.84 Å². The SMILES string of the molecule is C=COC(C)=O.CCCCCCCCCCCCCCCCCCOC(=O)C=CC(=O)O. The zero-order valence-corrected chi connectivity index (χ0v) is 20.4. The molecule has 0 unspecified atom stereocenters. The average molecular weight is 455 g/mol. The van der Waals surface area contributed by atoms with Crippen LogP contribution in [0.4, 0.5) is 0 Å². The van der Waals surface area contributed by atoms with E-state index >= 15 is 0 Å². The largest absolute Gasteiger partial charge is 0.478 e. The van der Waals surface area contributed by atoms with Gasteiger partial charge in [-0.2, -0.15) is 0 Å². The Hall–Kier alpha value is -2.11. The minimum absolute atomic E-state index is 0.329. The zero-order valence-electron chi connectivity index (χ0n) is 20.4. The molecule has 0 spiro atoms. The van der Waals surface area contributed by atoms with Gasteiger partial charge in [-0.25, -0.2) is 9.59 Å². The highest BCUT2D eigenvalue weighted by molar-refractivity contribution is 5.90. The summed E-state index contributed by atoms with van der Waals surface area (Å²) < 4.78 is 9.09. The van der Waals surface area contributed by atoms with Crippen molar-refractivity contribution >= 4 is 17.9 Å². The van der Waals surface area contributed by atoms with E-state index in [1.807, 2.05) is 0 Å². The van der Waals surface area contributed by atoms with Gasteiger partial charge in [0.2, 0.25) is 0 Å². The van der Waals surface area contributed by atoms with Crippen LogP contribution in [0.15, 0.2) is 25.0 Å². The number of carboxylic acid groups (broad SMARTS) is 1. The predicted octanol–water partition coefficient (Wildman–Crippen LogP) is 7.12. The predicted molar refractivity (Wildman–Crippen MR) is 129 cm³/mol. The minimum Gasteiger partial charge on any atom is -0.478 e. The first-order valence-corrected chi connectivity index (χ1v) is 12.3. The van der Waals surface area contributed by atoms with Crippen molar-refractivity contribution in [2.24, 2.45) is 0 Å². The molecular weight excluding hydrogens is 408 g/mol. The molecule has 6 heteroatoms. The first-order chi connectivity index (χ1) is 15.4. The molecule has 0 aromatic heterocycles. The van der Waals surface area contributed by atoms with Crippen molar-refractivity contribution in [2.45, 2.75) is 117 Å². The number of hydrogen-bond acceptors (Lipinski definition) is 5. The molecule has 0 saturated heterocycles. The molecule has 186 valence electrons. The Labute approximate surface area is 195 Å². The van der Waals surface area contributed by atoms with E-state index < -0.39 is 11.9 Å². The second kappa shape index (κ2) is 26.9. The summed E-state index contributed by atoms with van der Waals surface area (Å²) in [6.45, 7) is 7.12. The molecule has 0 aliphatic carbocycles. The Morgan fingerprint density at radius 2 is 1.12 bits per heavy atom. The summed E-state index contributed by atoms with van der Waals surface area (Å²) in [5.74, 6) is -2.04. The zero-order chi connectivity index (χ0) is 24.3. The lowest BCUT2D eigenvalue weighted by Crippen LogP contribution is -2.03. The Bertz CT molecular complexity index is 499. The molecule has 0 atom stereocenters. The van der Waals surface area contributed by atoms with Crippen LogP contribution in [0.1, 0.15) is 117 Å². The van der Waals surface area contributed by atoms with Crippen LogP contribution >= 0.6 is 0 Å². The van der Waals surface area contributed by atoms with Crippen LogP contribution in [0.3, 0.4) is 0 Å². The third-order valence-corrected chi connectivity index (χ3v) is 4.85. The number of carbonyl (C=O) groups excluding carboxylic acids is 2. The summed E-state index contributed by atoms with van der Waals surface area (Å²) in [6, 6.07) is 0. The van der Waals surface area contributed by atoms with Gasteiger partial charge in [-0.1, -0.05) is 110 Å². The van der Waals surface area contributed by atoms with Crippen LogP contribution in [-0.4, -0.2) is 29.6 Å². The van der Waals surface area contributed by atoms with Crippen LogP contribution in [0.25, 0.3) is 0 Å². The summed E-state index contributed by atoms with van der Waals surface area (Å²) in [6.07, 6.45) is 23.8. The highest BCUT2D eigenvalue weighted by Crippen LogP contribution is 2.13. The van der Waals surface area contributed by atoms with Crippen LogP contribution in [0, 0.1) is 0 Å². The Morgan fingerprint density at radius 1 is 0.719 bits per heavy atom. The van der Waals surface area contributed by atoms with Crippen LogP contribution in [0.2, 0.25) is 0 Å². The molecule has 0 aliphatic rings. The smallest absolute Gasteiger partial charge is 0.331 e. The highest BCUT2D eigenvalue weighted by atomic mass is 16.5. The number of hydrogen-bond donors (Lipinski definition) is 1. The van der Waals surface area contributed by atoms with E-state index in [2.05, 4.69) is 18.2 Å². The van der Waals surface area contributed by atoms with Gasteiger partial charge >= 0.3 is 17.9 Å². The van der Waals surface area contributed by atoms with Gasteiger partial charge in [-0.15, -0.1) is 0 Å². The molecule has 0 bridgehead atoms. The van der Waals surface area contributed by atoms with E-state index in [0.29, 0.717) is 6.61 Å². The van der Waals surface area contributed by atoms with Gasteiger partial charge in [0.05, 0.1) is 12.9 Å². The summed E-state index contributed by atoms with van der Waals surface area (Å²) in [4.78, 5) is 31.1. The van der Waals surface area contributed by atoms with E-state index in [0.717, 1.165) is 31.3 Å². The maximum Gasteiger partial charge on any atom is 0.331 e. The van der Waals surface area contributed by atoms with Crippen molar-refractivity contribution in [3.8, 4) is 0 Å². The van der Waals surface area contributed by atoms with Gasteiger partial charge in [0, 0.05) is 19.1 Å². The summed E-state index contributed by atoms with van der Waals surface area (Å²) in [7, 11) is 0. The van der Waals surface area contributed by atoms with Crippen LogP contribution < -0.4 is 0 Å².